The van der Waals surface area contributed by atoms with Crippen molar-refractivity contribution in [1.29, 1.82) is 0 Å². The minimum atomic E-state index is 0.0557. The number of halogens is 2. The maximum absolute atomic E-state index is 10.1. The van der Waals surface area contributed by atoms with Crippen molar-refractivity contribution in [1.82, 2.24) is 15.0 Å². The van der Waals surface area contributed by atoms with Gasteiger partial charge in [0.25, 0.3) is 0 Å². The molecule has 0 saturated carbocycles. The van der Waals surface area contributed by atoms with Crippen molar-refractivity contribution in [3.8, 4) is 22.7 Å². The van der Waals surface area contributed by atoms with Gasteiger partial charge in [-0.15, -0.1) is 5.10 Å². The fourth-order valence-corrected chi connectivity index (χ4v) is 3.12. The van der Waals surface area contributed by atoms with Crippen LogP contribution in [0.3, 0.4) is 0 Å². The molecule has 0 aliphatic carbocycles. The third kappa shape index (κ3) is 3.83. The van der Waals surface area contributed by atoms with Gasteiger partial charge in [0.2, 0.25) is 0 Å². The van der Waals surface area contributed by atoms with Crippen LogP contribution in [0.2, 0.25) is 5.02 Å². The summed E-state index contributed by atoms with van der Waals surface area (Å²) in [5.41, 5.74) is 2.92. The Kier molecular flexibility index (Phi) is 5.23. The van der Waals surface area contributed by atoms with E-state index in [9.17, 15) is 5.11 Å². The molecule has 5 nitrogen and oxygen atoms in total. The molecule has 0 atom stereocenters. The fourth-order valence-electron chi connectivity index (χ4n) is 2.69. The molecule has 1 heterocycles. The molecule has 0 saturated heterocycles. The molecular weight excluding hydrogens is 440 g/mol. The van der Waals surface area contributed by atoms with E-state index in [-0.39, 0.29) is 5.75 Å². The lowest BCUT2D eigenvalue weighted by molar-refractivity contribution is 0.474. The van der Waals surface area contributed by atoms with Crippen molar-refractivity contribution in [3.05, 3.63) is 87.9 Å². The van der Waals surface area contributed by atoms with Crippen LogP contribution in [0.1, 0.15) is 5.56 Å². The summed E-state index contributed by atoms with van der Waals surface area (Å²) in [7, 11) is 0. The van der Waals surface area contributed by atoms with Gasteiger partial charge in [0.05, 0.1) is 5.69 Å². The van der Waals surface area contributed by atoms with Crippen LogP contribution >= 0.6 is 27.5 Å². The number of aromatic hydroxyl groups is 1. The highest BCUT2D eigenvalue weighted by atomic mass is 79.9. The van der Waals surface area contributed by atoms with E-state index >= 15 is 0 Å². The predicted molar refractivity (Wildman–Crippen MR) is 115 cm³/mol. The van der Waals surface area contributed by atoms with Gasteiger partial charge in [-0.1, -0.05) is 63.1 Å². The number of benzene rings is 3. The topological polar surface area (TPSA) is 63.3 Å². The molecule has 0 aliphatic heterocycles. The van der Waals surface area contributed by atoms with Crippen molar-refractivity contribution >= 4 is 39.6 Å². The smallest absolute Gasteiger partial charge is 0.184 e. The highest BCUT2D eigenvalue weighted by Gasteiger charge is 2.15. The molecule has 0 radical (unpaired) electrons. The molecule has 28 heavy (non-hydrogen) atoms. The van der Waals surface area contributed by atoms with E-state index in [0.29, 0.717) is 22.1 Å². The van der Waals surface area contributed by atoms with Crippen LogP contribution in [0, 0.1) is 0 Å². The second kappa shape index (κ2) is 7.96. The van der Waals surface area contributed by atoms with E-state index < -0.39 is 0 Å². The molecule has 7 heteroatoms. The molecule has 1 aromatic heterocycles. The van der Waals surface area contributed by atoms with Crippen molar-refractivity contribution in [3.63, 3.8) is 0 Å². The van der Waals surface area contributed by atoms with Gasteiger partial charge >= 0.3 is 0 Å². The number of phenolic OH excluding ortho intramolecular Hbond substituents is 1. The summed E-state index contributed by atoms with van der Waals surface area (Å²) in [5, 5.41) is 19.2. The van der Waals surface area contributed by atoms with E-state index in [0.717, 1.165) is 15.7 Å². The van der Waals surface area contributed by atoms with E-state index in [1.54, 1.807) is 23.0 Å². The molecule has 0 aliphatic rings. The van der Waals surface area contributed by atoms with Gasteiger partial charge in [-0.3, -0.25) is 0 Å². The number of rotatable bonds is 4. The van der Waals surface area contributed by atoms with Gasteiger partial charge in [0, 0.05) is 26.8 Å². The van der Waals surface area contributed by atoms with Crippen LogP contribution in [-0.4, -0.2) is 26.3 Å². The van der Waals surface area contributed by atoms with Crippen molar-refractivity contribution < 1.29 is 5.11 Å². The van der Waals surface area contributed by atoms with Crippen LogP contribution in [0.15, 0.2) is 82.3 Å². The lowest BCUT2D eigenvalue weighted by Crippen LogP contribution is -1.96. The summed E-state index contributed by atoms with van der Waals surface area (Å²) in [6, 6.07) is 22.3. The van der Waals surface area contributed by atoms with Gasteiger partial charge in [-0.25, -0.2) is 4.99 Å². The summed E-state index contributed by atoms with van der Waals surface area (Å²) in [6.07, 6.45) is 1.58. The minimum absolute atomic E-state index is 0.0557. The number of phenols is 1. The average molecular weight is 454 g/mol. The quantitative estimate of drug-likeness (QED) is 0.397. The standard InChI is InChI=1S/C21H14BrClN4O/c22-16-7-10-18(11-8-16)27-21(20(25-26-27)14-4-2-1-3-5-14)24-13-15-6-9-17(23)12-19(15)28/h1-13,28H/b24-13+. The monoisotopic (exact) mass is 452 g/mol. The Morgan fingerprint density at radius 3 is 2.46 bits per heavy atom. The first-order chi connectivity index (χ1) is 13.6. The number of aromatic nitrogens is 3. The van der Waals surface area contributed by atoms with Crippen LogP contribution in [0.5, 0.6) is 5.75 Å². The summed E-state index contributed by atoms with van der Waals surface area (Å²) in [4.78, 5) is 4.60. The third-order valence-electron chi connectivity index (χ3n) is 4.08. The van der Waals surface area contributed by atoms with Crippen molar-refractivity contribution in [2.45, 2.75) is 0 Å². The molecular formula is C21H14BrClN4O. The number of hydrogen-bond acceptors (Lipinski definition) is 4. The maximum atomic E-state index is 10.1. The van der Waals surface area contributed by atoms with Gasteiger partial charge in [-0.2, -0.15) is 4.68 Å². The zero-order valence-corrected chi connectivity index (χ0v) is 16.8. The maximum Gasteiger partial charge on any atom is 0.184 e. The van der Waals surface area contributed by atoms with Gasteiger partial charge in [0.15, 0.2) is 5.82 Å². The van der Waals surface area contributed by atoms with Crippen LogP contribution in [-0.2, 0) is 0 Å². The Labute approximate surface area is 175 Å². The Bertz CT molecular complexity index is 1140. The molecule has 4 rings (SSSR count). The molecule has 4 aromatic rings. The van der Waals surface area contributed by atoms with Gasteiger partial charge in [0.1, 0.15) is 11.4 Å². The predicted octanol–water partition coefficient (Wildman–Crippen LogP) is 5.81. The summed E-state index contributed by atoms with van der Waals surface area (Å²) >= 11 is 9.35. The molecule has 0 bridgehead atoms. The molecule has 0 fully saturated rings. The van der Waals surface area contributed by atoms with E-state index in [2.05, 4.69) is 31.2 Å². The second-order valence-electron chi connectivity index (χ2n) is 5.98. The highest BCUT2D eigenvalue weighted by Crippen LogP contribution is 2.31. The lowest BCUT2D eigenvalue weighted by Gasteiger charge is -2.05. The average Bonchev–Trinajstić information content (AvgIpc) is 3.12. The molecule has 0 amide bonds. The third-order valence-corrected chi connectivity index (χ3v) is 4.85. The Hall–Kier alpha value is -2.96. The van der Waals surface area contributed by atoms with E-state index in [1.165, 1.54) is 6.07 Å². The number of nitrogens with zero attached hydrogens (tertiary/aromatic N) is 4. The highest BCUT2D eigenvalue weighted by molar-refractivity contribution is 9.10. The first kappa shape index (κ1) is 18.4. The molecule has 1 N–H and O–H groups in total. The zero-order chi connectivity index (χ0) is 19.5. The number of hydrogen-bond donors (Lipinski definition) is 1. The van der Waals surface area contributed by atoms with Gasteiger partial charge < -0.3 is 5.11 Å². The zero-order valence-electron chi connectivity index (χ0n) is 14.5. The Morgan fingerprint density at radius 1 is 1.00 bits per heavy atom. The van der Waals surface area contributed by atoms with Crippen molar-refractivity contribution in [2.24, 2.45) is 4.99 Å². The van der Waals surface area contributed by atoms with Crippen LogP contribution < -0.4 is 0 Å². The summed E-state index contributed by atoms with van der Waals surface area (Å²) in [6.45, 7) is 0. The first-order valence-corrected chi connectivity index (χ1v) is 9.58. The molecule has 0 spiro atoms. The van der Waals surface area contributed by atoms with E-state index in [1.807, 2.05) is 54.6 Å². The fraction of sp³-hybridized carbons (Fsp3) is 0. The molecule has 3 aromatic carbocycles. The first-order valence-electron chi connectivity index (χ1n) is 8.41. The van der Waals surface area contributed by atoms with Crippen LogP contribution in [0.25, 0.3) is 16.9 Å². The second-order valence-corrected chi connectivity index (χ2v) is 7.33. The normalized spacial score (nSPS) is 11.2. The van der Waals surface area contributed by atoms with Crippen LogP contribution in [0.4, 0.5) is 5.82 Å². The Balaban J connectivity index is 1.83. The van der Waals surface area contributed by atoms with Gasteiger partial charge in [-0.05, 0) is 42.5 Å². The number of aliphatic imine (C=N–C) groups is 1. The largest absolute Gasteiger partial charge is 0.507 e. The van der Waals surface area contributed by atoms with E-state index in [4.69, 9.17) is 11.6 Å². The van der Waals surface area contributed by atoms with Crippen molar-refractivity contribution in [2.75, 3.05) is 0 Å². The molecule has 138 valence electrons. The summed E-state index contributed by atoms with van der Waals surface area (Å²) in [5.74, 6) is 0.614. The minimum Gasteiger partial charge on any atom is -0.507 e. The summed E-state index contributed by atoms with van der Waals surface area (Å²) < 4.78 is 2.63. The Morgan fingerprint density at radius 2 is 1.75 bits per heavy atom. The molecule has 0 unspecified atom stereocenters. The SMILES string of the molecule is Oc1cc(Cl)ccc1/C=N/c1c(-c2ccccc2)nnn1-c1ccc(Br)cc1. The lowest BCUT2D eigenvalue weighted by atomic mass is 10.1.